The third kappa shape index (κ3) is 1.81. The number of methoxy groups -OCH3 is 1. The normalized spacial score (nSPS) is 10.8. The van der Waals surface area contributed by atoms with Crippen LogP contribution < -0.4 is 9.47 Å². The number of pyridine rings is 1. The number of benzene rings is 1. The van der Waals surface area contributed by atoms with Gasteiger partial charge in [0.15, 0.2) is 6.20 Å². The highest BCUT2D eigenvalue weighted by Crippen LogP contribution is 2.26. The molecule has 0 N–H and O–H groups in total. The van der Waals surface area contributed by atoms with E-state index >= 15 is 0 Å². The van der Waals surface area contributed by atoms with Gasteiger partial charge in [-0.15, -0.1) is 0 Å². The van der Waals surface area contributed by atoms with E-state index < -0.39 is 0 Å². The van der Waals surface area contributed by atoms with E-state index in [0.29, 0.717) is 5.69 Å². The monoisotopic (exact) mass is 254 g/mol. The summed E-state index contributed by atoms with van der Waals surface area (Å²) in [6, 6.07) is 11.3. The molecule has 0 atom stereocenters. The van der Waals surface area contributed by atoms with E-state index in [1.807, 2.05) is 54.2 Å². The topological polar surface area (TPSA) is 41.1 Å². The van der Waals surface area contributed by atoms with Crippen LogP contribution >= 0.6 is 0 Å². The third-order valence-electron chi connectivity index (χ3n) is 3.30. The van der Waals surface area contributed by atoms with Crippen molar-refractivity contribution in [3.63, 3.8) is 0 Å². The van der Waals surface area contributed by atoms with Gasteiger partial charge in [-0.1, -0.05) is 0 Å². The smallest absolute Gasteiger partial charge is 0.248 e. The van der Waals surface area contributed by atoms with Crippen LogP contribution in [0.5, 0.6) is 5.75 Å². The van der Waals surface area contributed by atoms with Crippen molar-refractivity contribution in [3.8, 4) is 17.0 Å². The van der Waals surface area contributed by atoms with Gasteiger partial charge in [-0.3, -0.25) is 0 Å². The average molecular weight is 254 g/mol. The van der Waals surface area contributed by atoms with Crippen LogP contribution in [0.25, 0.3) is 22.2 Å². The molecule has 0 aliphatic rings. The lowest BCUT2D eigenvalue weighted by Gasteiger charge is -2.08. The summed E-state index contributed by atoms with van der Waals surface area (Å²) in [6.07, 6.45) is 3.50. The maximum absolute atomic E-state index is 12.1. The summed E-state index contributed by atoms with van der Waals surface area (Å²) < 4.78 is 8.01. The first-order chi connectivity index (χ1) is 9.20. The molecule has 0 saturated carbocycles. The van der Waals surface area contributed by atoms with E-state index in [9.17, 15) is 5.21 Å². The van der Waals surface area contributed by atoms with E-state index in [-0.39, 0.29) is 0 Å². The minimum atomic E-state index is 0.660. The Hall–Kier alpha value is -2.49. The van der Waals surface area contributed by atoms with Crippen molar-refractivity contribution < 1.29 is 9.47 Å². The predicted octanol–water partition coefficient (Wildman–Crippen LogP) is 2.49. The third-order valence-corrected chi connectivity index (χ3v) is 3.30. The maximum atomic E-state index is 12.1. The van der Waals surface area contributed by atoms with Gasteiger partial charge >= 0.3 is 0 Å². The summed E-state index contributed by atoms with van der Waals surface area (Å²) in [5.74, 6) is 0.778. The molecule has 2 aromatic heterocycles. The van der Waals surface area contributed by atoms with E-state index in [1.54, 1.807) is 13.3 Å². The molecule has 4 heteroatoms. The first-order valence-corrected chi connectivity index (χ1v) is 6.02. The van der Waals surface area contributed by atoms with E-state index in [4.69, 9.17) is 4.74 Å². The molecule has 2 heterocycles. The summed E-state index contributed by atoms with van der Waals surface area (Å²) in [7, 11) is 3.57. The standard InChI is InChI=1S/C15H14N2O2/c1-16-9-7-12-8-10-17(18)15(14(12)16)11-3-5-13(19-2)6-4-11/h3-10H,1-2H3. The highest BCUT2D eigenvalue weighted by Gasteiger charge is 2.16. The molecule has 0 bridgehead atoms. The van der Waals surface area contributed by atoms with Crippen molar-refractivity contribution in [3.05, 3.63) is 54.0 Å². The largest absolute Gasteiger partial charge is 0.618 e. The highest BCUT2D eigenvalue weighted by atomic mass is 16.5. The van der Waals surface area contributed by atoms with E-state index in [2.05, 4.69) is 0 Å². The number of aromatic nitrogens is 2. The van der Waals surface area contributed by atoms with Crippen molar-refractivity contribution in [1.29, 1.82) is 0 Å². The van der Waals surface area contributed by atoms with Crippen molar-refractivity contribution in [2.24, 2.45) is 7.05 Å². The van der Waals surface area contributed by atoms with Gasteiger partial charge in [-0.25, -0.2) is 0 Å². The van der Waals surface area contributed by atoms with Crippen LogP contribution in [0, 0.1) is 5.21 Å². The Bertz CT molecular complexity index is 730. The van der Waals surface area contributed by atoms with Crippen LogP contribution in [-0.2, 0) is 7.05 Å². The fourth-order valence-corrected chi connectivity index (χ4v) is 2.33. The second-order valence-electron chi connectivity index (χ2n) is 4.45. The number of hydrogen-bond donors (Lipinski definition) is 0. The molecule has 0 spiro atoms. The van der Waals surface area contributed by atoms with Crippen molar-refractivity contribution in [2.45, 2.75) is 0 Å². The Balaban J connectivity index is 2.27. The van der Waals surface area contributed by atoms with Crippen molar-refractivity contribution in [1.82, 2.24) is 4.57 Å². The van der Waals surface area contributed by atoms with Gasteiger partial charge in [0.1, 0.15) is 11.3 Å². The van der Waals surface area contributed by atoms with Crippen LogP contribution in [0.3, 0.4) is 0 Å². The Morgan fingerprint density at radius 3 is 2.53 bits per heavy atom. The maximum Gasteiger partial charge on any atom is 0.248 e. The Kier molecular flexibility index (Phi) is 2.63. The molecule has 0 fully saturated rings. The van der Waals surface area contributed by atoms with Gasteiger partial charge in [0.2, 0.25) is 5.69 Å². The van der Waals surface area contributed by atoms with Gasteiger partial charge in [0, 0.05) is 30.3 Å². The number of hydrogen-bond acceptors (Lipinski definition) is 2. The molecular weight excluding hydrogens is 240 g/mol. The molecule has 3 aromatic rings. The lowest BCUT2D eigenvalue weighted by molar-refractivity contribution is -0.592. The van der Waals surface area contributed by atoms with Crippen LogP contribution in [0.4, 0.5) is 0 Å². The number of ether oxygens (including phenoxy) is 1. The summed E-state index contributed by atoms with van der Waals surface area (Å²) >= 11 is 0. The summed E-state index contributed by atoms with van der Waals surface area (Å²) in [5.41, 5.74) is 2.47. The second kappa shape index (κ2) is 4.31. The SMILES string of the molecule is COc1ccc(-c2c3c(ccn3C)cc[n+]2[O-])cc1. The molecule has 19 heavy (non-hydrogen) atoms. The van der Waals surface area contributed by atoms with Crippen LogP contribution in [0.15, 0.2) is 48.8 Å². The molecule has 0 radical (unpaired) electrons. The number of rotatable bonds is 2. The molecule has 3 rings (SSSR count). The molecule has 1 aromatic carbocycles. The fourth-order valence-electron chi connectivity index (χ4n) is 2.33. The Morgan fingerprint density at radius 1 is 1.11 bits per heavy atom. The molecule has 0 saturated heterocycles. The molecular formula is C15H14N2O2. The van der Waals surface area contributed by atoms with Crippen molar-refractivity contribution in [2.75, 3.05) is 7.11 Å². The first kappa shape index (κ1) is 11.6. The van der Waals surface area contributed by atoms with Gasteiger partial charge in [-0.2, -0.15) is 4.73 Å². The van der Waals surface area contributed by atoms with Crippen LogP contribution in [0.1, 0.15) is 0 Å². The highest BCUT2D eigenvalue weighted by molar-refractivity contribution is 5.90. The lowest BCUT2D eigenvalue weighted by Crippen LogP contribution is -2.28. The quantitative estimate of drug-likeness (QED) is 0.520. The molecule has 0 unspecified atom stereocenters. The Labute approximate surface area is 111 Å². The second-order valence-corrected chi connectivity index (χ2v) is 4.45. The number of fused-ring (bicyclic) bond motifs is 1. The zero-order valence-electron chi connectivity index (χ0n) is 10.8. The first-order valence-electron chi connectivity index (χ1n) is 6.02. The predicted molar refractivity (Wildman–Crippen MR) is 73.9 cm³/mol. The molecule has 0 amide bonds. The Morgan fingerprint density at radius 2 is 1.84 bits per heavy atom. The van der Waals surface area contributed by atoms with Gasteiger partial charge in [0.25, 0.3) is 0 Å². The lowest BCUT2D eigenvalue weighted by atomic mass is 10.1. The number of nitrogens with zero attached hydrogens (tertiary/aromatic N) is 2. The fraction of sp³-hybridized carbons (Fsp3) is 0.133. The summed E-state index contributed by atoms with van der Waals surface area (Å²) in [5, 5.41) is 13.2. The summed E-state index contributed by atoms with van der Waals surface area (Å²) in [4.78, 5) is 0. The molecule has 0 aliphatic heterocycles. The van der Waals surface area contributed by atoms with E-state index in [1.165, 1.54) is 0 Å². The minimum Gasteiger partial charge on any atom is -0.618 e. The van der Waals surface area contributed by atoms with Gasteiger partial charge < -0.3 is 14.5 Å². The molecule has 4 nitrogen and oxygen atoms in total. The van der Waals surface area contributed by atoms with Crippen LogP contribution in [0.2, 0.25) is 0 Å². The average Bonchev–Trinajstić information content (AvgIpc) is 2.81. The van der Waals surface area contributed by atoms with Gasteiger partial charge in [-0.05, 0) is 30.3 Å². The number of aryl methyl sites for hydroxylation is 1. The zero-order valence-corrected chi connectivity index (χ0v) is 10.8. The molecule has 0 aliphatic carbocycles. The summed E-state index contributed by atoms with van der Waals surface area (Å²) in [6.45, 7) is 0. The van der Waals surface area contributed by atoms with Crippen LogP contribution in [-0.4, -0.2) is 11.7 Å². The van der Waals surface area contributed by atoms with E-state index in [0.717, 1.165) is 26.9 Å². The van der Waals surface area contributed by atoms with Gasteiger partial charge in [0.05, 0.1) is 7.11 Å². The minimum absolute atomic E-state index is 0.660. The molecule has 96 valence electrons. The zero-order chi connectivity index (χ0) is 13.4. The van der Waals surface area contributed by atoms with Crippen molar-refractivity contribution >= 4 is 10.9 Å².